The summed E-state index contributed by atoms with van der Waals surface area (Å²) < 4.78 is 5.47. The molecule has 2 aliphatic heterocycles. The van der Waals surface area contributed by atoms with E-state index in [2.05, 4.69) is 82.0 Å². The van der Waals surface area contributed by atoms with Crippen LogP contribution < -0.4 is 10.6 Å². The Balaban J connectivity index is 1.38. The van der Waals surface area contributed by atoms with Crippen LogP contribution in [0.5, 0.6) is 0 Å². The van der Waals surface area contributed by atoms with Crippen molar-refractivity contribution in [3.8, 4) is 0 Å². The summed E-state index contributed by atoms with van der Waals surface area (Å²) in [5.41, 5.74) is 3.97. The maximum atomic E-state index is 5.47. The number of nitrogens with zero attached hydrogens (tertiary/aromatic N) is 3. The molecular formula is C27H39N5O. The van der Waals surface area contributed by atoms with Crippen molar-refractivity contribution in [2.24, 2.45) is 4.99 Å². The molecule has 6 heteroatoms. The van der Waals surface area contributed by atoms with Gasteiger partial charge in [0, 0.05) is 32.7 Å². The van der Waals surface area contributed by atoms with Crippen molar-refractivity contribution in [2.45, 2.75) is 38.9 Å². The second kappa shape index (κ2) is 12.7. The molecule has 0 amide bonds. The summed E-state index contributed by atoms with van der Waals surface area (Å²) in [4.78, 5) is 9.96. The molecule has 0 spiro atoms. The van der Waals surface area contributed by atoms with Gasteiger partial charge in [0.15, 0.2) is 5.96 Å². The van der Waals surface area contributed by atoms with Crippen molar-refractivity contribution in [2.75, 3.05) is 52.5 Å². The molecule has 4 rings (SSSR count). The number of benzene rings is 2. The third-order valence-electron chi connectivity index (χ3n) is 6.49. The van der Waals surface area contributed by atoms with E-state index in [4.69, 9.17) is 9.73 Å². The Labute approximate surface area is 199 Å². The second-order valence-corrected chi connectivity index (χ2v) is 8.95. The van der Waals surface area contributed by atoms with Gasteiger partial charge >= 0.3 is 0 Å². The zero-order valence-corrected chi connectivity index (χ0v) is 20.0. The largest absolute Gasteiger partial charge is 0.379 e. The van der Waals surface area contributed by atoms with Crippen molar-refractivity contribution in [1.82, 2.24) is 20.4 Å². The number of likely N-dealkylation sites (tertiary alicyclic amines) is 1. The molecule has 178 valence electrons. The molecule has 1 atom stereocenters. The van der Waals surface area contributed by atoms with Crippen LogP contribution >= 0.6 is 0 Å². The van der Waals surface area contributed by atoms with Gasteiger partial charge in [0.1, 0.15) is 0 Å². The van der Waals surface area contributed by atoms with Gasteiger partial charge in [-0.05, 0) is 49.5 Å². The zero-order chi connectivity index (χ0) is 22.7. The highest BCUT2D eigenvalue weighted by Crippen LogP contribution is 2.24. The number of hydrogen-bond acceptors (Lipinski definition) is 4. The molecular weight excluding hydrogens is 410 g/mol. The fourth-order valence-electron chi connectivity index (χ4n) is 4.74. The molecule has 2 saturated heterocycles. The Kier molecular flexibility index (Phi) is 9.16. The molecule has 2 aliphatic rings. The molecule has 0 saturated carbocycles. The van der Waals surface area contributed by atoms with Gasteiger partial charge in [0.2, 0.25) is 0 Å². The molecule has 33 heavy (non-hydrogen) atoms. The van der Waals surface area contributed by atoms with Crippen LogP contribution in [0.25, 0.3) is 0 Å². The van der Waals surface area contributed by atoms with Crippen LogP contribution in [0.1, 0.15) is 42.5 Å². The van der Waals surface area contributed by atoms with E-state index in [0.29, 0.717) is 12.6 Å². The van der Waals surface area contributed by atoms with Gasteiger partial charge in [-0.3, -0.25) is 9.80 Å². The Bertz CT molecular complexity index is 860. The lowest BCUT2D eigenvalue weighted by Crippen LogP contribution is -2.42. The normalized spacial score (nSPS) is 18.9. The van der Waals surface area contributed by atoms with E-state index in [0.717, 1.165) is 51.9 Å². The molecule has 2 N–H and O–H groups in total. The first kappa shape index (κ1) is 23.7. The monoisotopic (exact) mass is 449 g/mol. The number of morpholine rings is 1. The molecule has 0 aliphatic carbocycles. The van der Waals surface area contributed by atoms with Crippen LogP contribution in [0.3, 0.4) is 0 Å². The predicted octanol–water partition coefficient (Wildman–Crippen LogP) is 3.41. The van der Waals surface area contributed by atoms with Crippen molar-refractivity contribution in [3.63, 3.8) is 0 Å². The van der Waals surface area contributed by atoms with Gasteiger partial charge in [-0.1, -0.05) is 54.6 Å². The third kappa shape index (κ3) is 7.29. The van der Waals surface area contributed by atoms with E-state index >= 15 is 0 Å². The van der Waals surface area contributed by atoms with E-state index in [9.17, 15) is 0 Å². The summed E-state index contributed by atoms with van der Waals surface area (Å²) in [7, 11) is 0. The van der Waals surface area contributed by atoms with Crippen LogP contribution in [0.2, 0.25) is 0 Å². The summed E-state index contributed by atoms with van der Waals surface area (Å²) in [5.74, 6) is 0.885. The Morgan fingerprint density at radius 1 is 0.939 bits per heavy atom. The van der Waals surface area contributed by atoms with Gasteiger partial charge in [-0.2, -0.15) is 0 Å². The van der Waals surface area contributed by atoms with Gasteiger partial charge in [0.05, 0.1) is 25.8 Å². The van der Waals surface area contributed by atoms with E-state index in [1.807, 2.05) is 0 Å². The minimum absolute atomic E-state index is 0.370. The maximum absolute atomic E-state index is 5.47. The average molecular weight is 450 g/mol. The minimum atomic E-state index is 0.370. The standard InChI is InChI=1S/C27H39N5O/c1-2-28-27(30-21-26(32-13-6-7-14-32)25-11-4-3-5-12-25)29-20-23-9-8-10-24(19-23)22-31-15-17-33-18-16-31/h3-5,8-12,19,26H,2,6-7,13-18,20-22H2,1H3,(H2,28,29,30). The van der Waals surface area contributed by atoms with E-state index in [-0.39, 0.29) is 0 Å². The molecule has 2 aromatic rings. The number of ether oxygens (including phenoxy) is 1. The maximum Gasteiger partial charge on any atom is 0.191 e. The van der Waals surface area contributed by atoms with E-state index in [1.165, 1.54) is 42.6 Å². The number of hydrogen-bond donors (Lipinski definition) is 2. The van der Waals surface area contributed by atoms with Crippen molar-refractivity contribution in [1.29, 1.82) is 0 Å². The smallest absolute Gasteiger partial charge is 0.191 e. The highest BCUT2D eigenvalue weighted by atomic mass is 16.5. The third-order valence-corrected chi connectivity index (χ3v) is 6.49. The molecule has 6 nitrogen and oxygen atoms in total. The van der Waals surface area contributed by atoms with E-state index in [1.54, 1.807) is 0 Å². The van der Waals surface area contributed by atoms with Crippen molar-refractivity contribution < 1.29 is 4.74 Å². The summed E-state index contributed by atoms with van der Waals surface area (Å²) in [6.45, 7) is 11.5. The summed E-state index contributed by atoms with van der Waals surface area (Å²) >= 11 is 0. The SMILES string of the molecule is CCNC(=NCc1cccc(CN2CCOCC2)c1)NCC(c1ccccc1)N1CCCC1. The lowest BCUT2D eigenvalue weighted by atomic mass is 10.1. The lowest BCUT2D eigenvalue weighted by Gasteiger charge is -2.29. The summed E-state index contributed by atoms with van der Waals surface area (Å²) in [6, 6.07) is 20.1. The highest BCUT2D eigenvalue weighted by molar-refractivity contribution is 5.79. The fourth-order valence-corrected chi connectivity index (χ4v) is 4.74. The molecule has 2 aromatic carbocycles. The summed E-state index contributed by atoms with van der Waals surface area (Å²) in [6.07, 6.45) is 2.58. The quantitative estimate of drug-likeness (QED) is 0.454. The topological polar surface area (TPSA) is 52.1 Å². The van der Waals surface area contributed by atoms with Crippen LogP contribution in [0.15, 0.2) is 59.6 Å². The Hall–Kier alpha value is -2.41. The Morgan fingerprint density at radius 3 is 2.45 bits per heavy atom. The number of nitrogens with one attached hydrogen (secondary N) is 2. The molecule has 2 fully saturated rings. The molecule has 0 radical (unpaired) electrons. The first-order valence-electron chi connectivity index (χ1n) is 12.5. The first-order chi connectivity index (χ1) is 16.3. The lowest BCUT2D eigenvalue weighted by molar-refractivity contribution is 0.0342. The average Bonchev–Trinajstić information content (AvgIpc) is 3.39. The Morgan fingerprint density at radius 2 is 1.70 bits per heavy atom. The first-order valence-corrected chi connectivity index (χ1v) is 12.5. The molecule has 1 unspecified atom stereocenters. The zero-order valence-electron chi connectivity index (χ0n) is 20.0. The van der Waals surface area contributed by atoms with Gasteiger partial charge in [0.25, 0.3) is 0 Å². The highest BCUT2D eigenvalue weighted by Gasteiger charge is 2.23. The van der Waals surface area contributed by atoms with Gasteiger partial charge < -0.3 is 15.4 Å². The predicted molar refractivity (Wildman–Crippen MR) is 135 cm³/mol. The van der Waals surface area contributed by atoms with Gasteiger partial charge in [-0.15, -0.1) is 0 Å². The number of aliphatic imine (C=N–C) groups is 1. The van der Waals surface area contributed by atoms with Crippen molar-refractivity contribution >= 4 is 5.96 Å². The molecule has 0 bridgehead atoms. The number of rotatable bonds is 9. The van der Waals surface area contributed by atoms with Crippen LogP contribution in [0.4, 0.5) is 0 Å². The van der Waals surface area contributed by atoms with Crippen LogP contribution in [0, 0.1) is 0 Å². The molecule has 2 heterocycles. The molecule has 0 aromatic heterocycles. The van der Waals surface area contributed by atoms with Crippen molar-refractivity contribution in [3.05, 3.63) is 71.3 Å². The van der Waals surface area contributed by atoms with Gasteiger partial charge in [-0.25, -0.2) is 4.99 Å². The summed E-state index contributed by atoms with van der Waals surface area (Å²) in [5, 5.41) is 7.05. The minimum Gasteiger partial charge on any atom is -0.379 e. The van der Waals surface area contributed by atoms with Crippen LogP contribution in [-0.2, 0) is 17.8 Å². The fraction of sp³-hybridized carbons (Fsp3) is 0.519. The van der Waals surface area contributed by atoms with Crippen LogP contribution in [-0.4, -0.2) is 68.2 Å². The second-order valence-electron chi connectivity index (χ2n) is 8.95. The van der Waals surface area contributed by atoms with E-state index < -0.39 is 0 Å². The number of guanidine groups is 1.